The predicted octanol–water partition coefficient (Wildman–Crippen LogP) is 2.87. The molecule has 19 heavy (non-hydrogen) atoms. The van der Waals surface area contributed by atoms with Crippen LogP contribution in [0.15, 0.2) is 24.3 Å². The second-order valence-corrected chi connectivity index (χ2v) is 4.08. The maximum Gasteiger partial charge on any atom is 0.197 e. The number of hydrogen-bond acceptors (Lipinski definition) is 4. The Labute approximate surface area is 112 Å². The van der Waals surface area contributed by atoms with Gasteiger partial charge in [0.1, 0.15) is 10.7 Å². The molecular weight excluding hydrogens is 269 g/mol. The smallest absolute Gasteiger partial charge is 0.197 e. The van der Waals surface area contributed by atoms with E-state index in [1.165, 1.54) is 30.3 Å². The predicted molar refractivity (Wildman–Crippen MR) is 65.8 cm³/mol. The molecule has 0 spiro atoms. The fourth-order valence-electron chi connectivity index (χ4n) is 1.62. The minimum absolute atomic E-state index is 0.0621. The Morgan fingerprint density at radius 3 is 2.53 bits per heavy atom. The highest BCUT2D eigenvalue weighted by molar-refractivity contribution is 6.29. The van der Waals surface area contributed by atoms with Crippen molar-refractivity contribution in [3.8, 4) is 12.1 Å². The lowest BCUT2D eigenvalue weighted by atomic mass is 9.98. The number of carbonyl (C=O) groups is 1. The molecule has 1 aromatic carbocycles. The molecule has 2 aromatic rings. The second kappa shape index (κ2) is 5.01. The maximum absolute atomic E-state index is 14.2. The first-order valence-corrected chi connectivity index (χ1v) is 5.54. The van der Waals surface area contributed by atoms with Gasteiger partial charge in [-0.15, -0.1) is 0 Å². The van der Waals surface area contributed by atoms with E-state index in [1.54, 1.807) is 6.07 Å². The summed E-state index contributed by atoms with van der Waals surface area (Å²) in [7, 11) is 0. The number of nitrogens with zero attached hydrogens (tertiary/aromatic N) is 3. The summed E-state index contributed by atoms with van der Waals surface area (Å²) in [5.74, 6) is -3.29. The summed E-state index contributed by atoms with van der Waals surface area (Å²) >= 11 is 5.67. The largest absolute Gasteiger partial charge is 0.291 e. The average molecular weight is 274 g/mol. The molecule has 2 rings (SSSR count). The van der Waals surface area contributed by atoms with E-state index in [4.69, 9.17) is 22.1 Å². The molecule has 0 unspecified atom stereocenters. The van der Waals surface area contributed by atoms with E-state index >= 15 is 0 Å². The number of carbonyl (C=O) groups excluding carboxylic acids is 1. The third-order valence-electron chi connectivity index (χ3n) is 2.55. The molecule has 0 aliphatic carbocycles. The lowest BCUT2D eigenvalue weighted by molar-refractivity contribution is 0.0967. The van der Waals surface area contributed by atoms with Crippen LogP contribution in [0.3, 0.4) is 0 Å². The highest BCUT2D eigenvalue weighted by Gasteiger charge is 2.23. The normalized spacial score (nSPS) is 10.2. The minimum atomic E-state index is -1.54. The number of nitriles is 2. The Balaban J connectivity index is 2.64. The highest BCUT2D eigenvalue weighted by Crippen LogP contribution is 2.23. The van der Waals surface area contributed by atoms with Gasteiger partial charge in [0.2, 0.25) is 0 Å². The van der Waals surface area contributed by atoms with Crippen molar-refractivity contribution >= 4 is 28.3 Å². The SMILES string of the molecule is N#CC(C#N)C(=O)c1ccc2ccc(Cl)nc2c1F. The van der Waals surface area contributed by atoms with Gasteiger partial charge in [-0.3, -0.25) is 4.79 Å². The standard InChI is InChI=1S/C13H5ClFN3O/c14-10-4-2-7-1-3-9(11(15)12(7)18-10)13(19)8(5-16)6-17/h1-4,8H. The number of hydrogen-bond donors (Lipinski definition) is 0. The molecule has 0 N–H and O–H groups in total. The summed E-state index contributed by atoms with van der Waals surface area (Å²) in [5, 5.41) is 17.9. The molecule has 0 fully saturated rings. The Bertz CT molecular complexity index is 747. The molecule has 0 bridgehead atoms. The molecule has 0 radical (unpaired) electrons. The van der Waals surface area contributed by atoms with Gasteiger partial charge in [0, 0.05) is 5.39 Å². The van der Waals surface area contributed by atoms with E-state index in [1.807, 2.05) is 0 Å². The van der Waals surface area contributed by atoms with Crippen LogP contribution >= 0.6 is 11.6 Å². The first-order valence-electron chi connectivity index (χ1n) is 5.16. The number of Topliss-reactive ketones (excluding diaryl/α,β-unsaturated/α-hetero) is 1. The maximum atomic E-state index is 14.2. The molecule has 4 nitrogen and oxygen atoms in total. The molecule has 92 valence electrons. The summed E-state index contributed by atoms with van der Waals surface area (Å²) in [5.41, 5.74) is -0.400. The van der Waals surface area contributed by atoms with Crippen molar-refractivity contribution in [2.24, 2.45) is 5.92 Å². The fraction of sp³-hybridized carbons (Fsp3) is 0.0769. The van der Waals surface area contributed by atoms with Gasteiger partial charge in [-0.25, -0.2) is 9.37 Å². The van der Waals surface area contributed by atoms with Crippen molar-refractivity contribution in [1.29, 1.82) is 10.5 Å². The zero-order valence-corrected chi connectivity index (χ0v) is 10.1. The van der Waals surface area contributed by atoms with Crippen LogP contribution in [-0.2, 0) is 0 Å². The van der Waals surface area contributed by atoms with Gasteiger partial charge in [0.05, 0.1) is 17.7 Å². The van der Waals surface area contributed by atoms with Gasteiger partial charge >= 0.3 is 0 Å². The number of halogens is 2. The number of pyridine rings is 1. The summed E-state index contributed by atoms with van der Waals surface area (Å²) in [6.45, 7) is 0. The Hall–Kier alpha value is -2.50. The summed E-state index contributed by atoms with van der Waals surface area (Å²) in [6, 6.07) is 8.81. The van der Waals surface area contributed by atoms with Crippen LogP contribution in [0.5, 0.6) is 0 Å². The van der Waals surface area contributed by atoms with Gasteiger partial charge in [0.15, 0.2) is 17.5 Å². The molecule has 6 heteroatoms. The average Bonchev–Trinajstić information content (AvgIpc) is 2.41. The molecule has 0 amide bonds. The van der Waals surface area contributed by atoms with Crippen LogP contribution in [-0.4, -0.2) is 10.8 Å². The van der Waals surface area contributed by atoms with Crippen molar-refractivity contribution in [3.05, 3.63) is 40.8 Å². The third kappa shape index (κ3) is 2.24. The molecule has 0 saturated heterocycles. The first kappa shape index (κ1) is 12.9. The van der Waals surface area contributed by atoms with Crippen LogP contribution in [0.4, 0.5) is 4.39 Å². The van der Waals surface area contributed by atoms with Gasteiger partial charge < -0.3 is 0 Å². The minimum Gasteiger partial charge on any atom is -0.291 e. The number of fused-ring (bicyclic) bond motifs is 1. The van der Waals surface area contributed by atoms with Crippen LogP contribution < -0.4 is 0 Å². The lowest BCUT2D eigenvalue weighted by Crippen LogP contribution is -2.13. The zero-order chi connectivity index (χ0) is 14.0. The van der Waals surface area contributed by atoms with Crippen molar-refractivity contribution in [1.82, 2.24) is 4.98 Å². The fourth-order valence-corrected chi connectivity index (χ4v) is 1.77. The summed E-state index contributed by atoms with van der Waals surface area (Å²) in [6.07, 6.45) is 0. The van der Waals surface area contributed by atoms with Crippen molar-refractivity contribution in [2.75, 3.05) is 0 Å². The Kier molecular flexibility index (Phi) is 3.41. The van der Waals surface area contributed by atoms with Crippen LogP contribution in [0.2, 0.25) is 5.15 Å². The molecule has 0 atom stereocenters. The summed E-state index contributed by atoms with van der Waals surface area (Å²) in [4.78, 5) is 15.6. The van der Waals surface area contributed by atoms with Crippen LogP contribution in [0, 0.1) is 34.4 Å². The monoisotopic (exact) mass is 273 g/mol. The lowest BCUT2D eigenvalue weighted by Gasteiger charge is -2.05. The van der Waals surface area contributed by atoms with E-state index in [9.17, 15) is 9.18 Å². The quantitative estimate of drug-likeness (QED) is 0.622. The van der Waals surface area contributed by atoms with Gasteiger partial charge in [0.25, 0.3) is 0 Å². The molecule has 0 aliphatic rings. The Morgan fingerprint density at radius 1 is 1.26 bits per heavy atom. The Morgan fingerprint density at radius 2 is 1.89 bits per heavy atom. The highest BCUT2D eigenvalue weighted by atomic mass is 35.5. The topological polar surface area (TPSA) is 77.5 Å². The van der Waals surface area contributed by atoms with E-state index in [0.717, 1.165) is 0 Å². The number of benzene rings is 1. The number of ketones is 1. The van der Waals surface area contributed by atoms with Gasteiger partial charge in [-0.05, 0) is 18.2 Å². The van der Waals surface area contributed by atoms with Crippen molar-refractivity contribution in [3.63, 3.8) is 0 Å². The van der Waals surface area contributed by atoms with E-state index < -0.39 is 17.5 Å². The first-order chi connectivity index (χ1) is 9.08. The zero-order valence-electron chi connectivity index (χ0n) is 9.39. The number of aromatic nitrogens is 1. The van der Waals surface area contributed by atoms with Crippen molar-refractivity contribution in [2.45, 2.75) is 0 Å². The van der Waals surface area contributed by atoms with E-state index in [2.05, 4.69) is 4.98 Å². The van der Waals surface area contributed by atoms with E-state index in [-0.39, 0.29) is 16.2 Å². The molecular formula is C13H5ClFN3O. The molecule has 1 aromatic heterocycles. The third-order valence-corrected chi connectivity index (χ3v) is 2.76. The molecule has 0 aliphatic heterocycles. The second-order valence-electron chi connectivity index (χ2n) is 3.69. The van der Waals surface area contributed by atoms with Gasteiger partial charge in [-0.2, -0.15) is 10.5 Å². The van der Waals surface area contributed by atoms with Crippen LogP contribution in [0.1, 0.15) is 10.4 Å². The molecule has 0 saturated carbocycles. The number of rotatable bonds is 2. The van der Waals surface area contributed by atoms with Crippen molar-refractivity contribution < 1.29 is 9.18 Å². The summed E-state index contributed by atoms with van der Waals surface area (Å²) < 4.78 is 14.2. The molecule has 1 heterocycles. The van der Waals surface area contributed by atoms with Gasteiger partial charge in [-0.1, -0.05) is 17.7 Å². The van der Waals surface area contributed by atoms with E-state index in [0.29, 0.717) is 5.39 Å². The van der Waals surface area contributed by atoms with Crippen LogP contribution in [0.25, 0.3) is 10.9 Å².